The van der Waals surface area contributed by atoms with Crippen LogP contribution in [-0.2, 0) is 4.79 Å². The predicted octanol–water partition coefficient (Wildman–Crippen LogP) is 1.84. The van der Waals surface area contributed by atoms with Gasteiger partial charge in [0.15, 0.2) is 0 Å². The summed E-state index contributed by atoms with van der Waals surface area (Å²) in [5.74, 6) is 1.42. The minimum absolute atomic E-state index is 0.0510. The molecular weight excluding hydrogens is 328 g/mol. The van der Waals surface area contributed by atoms with Gasteiger partial charge < -0.3 is 5.32 Å². The van der Waals surface area contributed by atoms with Crippen molar-refractivity contribution >= 4 is 23.2 Å². The molecule has 1 saturated heterocycles. The maximum Gasteiger partial charge on any atom is 0.238 e. The van der Waals surface area contributed by atoms with Crippen molar-refractivity contribution in [1.82, 2.24) is 25.1 Å². The molecule has 126 valence electrons. The minimum atomic E-state index is -0.0510. The molecule has 0 spiro atoms. The maximum atomic E-state index is 12.3. The molecule has 2 aromatic rings. The summed E-state index contributed by atoms with van der Waals surface area (Å²) in [6, 6.07) is 5.29. The van der Waals surface area contributed by atoms with E-state index < -0.39 is 0 Å². The number of aromatic nitrogens is 4. The van der Waals surface area contributed by atoms with Crippen molar-refractivity contribution in [3.8, 4) is 5.69 Å². The highest BCUT2D eigenvalue weighted by atomic mass is 35.5. The Balaban J connectivity index is 1.40. The average molecular weight is 347 g/mol. The SMILES string of the molecule is CC1(C)[C@@H]2CN(CC(=O)Nc3cc(-n4cnnn4)ccc3Cl)C[C@H]21. The van der Waals surface area contributed by atoms with Gasteiger partial charge in [-0.25, -0.2) is 4.68 Å². The van der Waals surface area contributed by atoms with Crippen molar-refractivity contribution in [2.75, 3.05) is 25.0 Å². The molecule has 8 heteroatoms. The van der Waals surface area contributed by atoms with Crippen molar-refractivity contribution in [3.05, 3.63) is 29.5 Å². The Morgan fingerprint density at radius 2 is 2.12 bits per heavy atom. The standard InChI is InChI=1S/C16H19ClN6O/c1-16(2)11-6-22(7-12(11)16)8-15(24)19-14-5-10(3-4-13(14)17)23-9-18-20-21-23/h3-5,9,11-12H,6-8H2,1-2H3,(H,19,24)/t11-,12-/m1/s1. The zero-order chi connectivity index (χ0) is 16.9. The van der Waals surface area contributed by atoms with Crippen LogP contribution in [-0.4, -0.2) is 50.6 Å². The fourth-order valence-electron chi connectivity index (χ4n) is 3.77. The molecule has 2 aliphatic rings. The summed E-state index contributed by atoms with van der Waals surface area (Å²) < 4.78 is 1.52. The Labute approximate surface area is 145 Å². The van der Waals surface area contributed by atoms with Crippen molar-refractivity contribution in [2.24, 2.45) is 17.3 Å². The minimum Gasteiger partial charge on any atom is -0.324 e. The molecule has 1 N–H and O–H groups in total. The molecule has 1 saturated carbocycles. The Hall–Kier alpha value is -1.99. The Morgan fingerprint density at radius 3 is 2.79 bits per heavy atom. The van der Waals surface area contributed by atoms with Crippen LogP contribution in [0.25, 0.3) is 5.69 Å². The third-order valence-electron chi connectivity index (χ3n) is 5.40. The number of fused-ring (bicyclic) bond motifs is 1. The molecule has 4 rings (SSSR count). The zero-order valence-corrected chi connectivity index (χ0v) is 14.4. The first-order chi connectivity index (χ1) is 11.4. The topological polar surface area (TPSA) is 75.9 Å². The number of carbonyl (C=O) groups is 1. The largest absolute Gasteiger partial charge is 0.324 e. The lowest BCUT2D eigenvalue weighted by Crippen LogP contribution is -2.34. The third-order valence-corrected chi connectivity index (χ3v) is 5.73. The number of piperidine rings is 1. The van der Waals surface area contributed by atoms with E-state index in [0.717, 1.165) is 30.6 Å². The molecule has 0 unspecified atom stereocenters. The molecule has 2 atom stereocenters. The number of hydrogen-bond donors (Lipinski definition) is 1. The second-order valence-electron chi connectivity index (χ2n) is 7.20. The smallest absolute Gasteiger partial charge is 0.238 e. The average Bonchev–Trinajstić information content (AvgIpc) is 3.03. The van der Waals surface area contributed by atoms with Gasteiger partial charge >= 0.3 is 0 Å². The van der Waals surface area contributed by atoms with E-state index in [1.807, 2.05) is 0 Å². The van der Waals surface area contributed by atoms with Crippen LogP contribution in [0.1, 0.15) is 13.8 Å². The van der Waals surface area contributed by atoms with Crippen LogP contribution in [0.5, 0.6) is 0 Å². The van der Waals surface area contributed by atoms with Crippen LogP contribution >= 0.6 is 11.6 Å². The number of carbonyl (C=O) groups excluding carboxylic acids is 1. The Bertz CT molecular complexity index is 761. The van der Waals surface area contributed by atoms with Gasteiger partial charge in [0.25, 0.3) is 0 Å². The fraction of sp³-hybridized carbons (Fsp3) is 0.500. The molecule has 7 nitrogen and oxygen atoms in total. The number of nitrogens with zero attached hydrogens (tertiary/aromatic N) is 5. The number of hydrogen-bond acceptors (Lipinski definition) is 5. The van der Waals surface area contributed by atoms with E-state index in [-0.39, 0.29) is 5.91 Å². The van der Waals surface area contributed by atoms with Crippen LogP contribution in [0.2, 0.25) is 5.02 Å². The quantitative estimate of drug-likeness (QED) is 0.914. The van der Waals surface area contributed by atoms with Crippen LogP contribution in [0.4, 0.5) is 5.69 Å². The lowest BCUT2D eigenvalue weighted by Gasteiger charge is -2.21. The number of likely N-dealkylation sites (tertiary alicyclic amines) is 1. The van der Waals surface area contributed by atoms with Gasteiger partial charge in [-0.2, -0.15) is 0 Å². The van der Waals surface area contributed by atoms with Crippen LogP contribution in [0.15, 0.2) is 24.5 Å². The molecule has 1 aliphatic heterocycles. The van der Waals surface area contributed by atoms with Crippen LogP contribution in [0, 0.1) is 17.3 Å². The molecule has 24 heavy (non-hydrogen) atoms. The molecule has 0 bridgehead atoms. The van der Waals surface area contributed by atoms with Gasteiger partial charge in [-0.05, 0) is 45.9 Å². The zero-order valence-electron chi connectivity index (χ0n) is 13.6. The number of amides is 1. The lowest BCUT2D eigenvalue weighted by molar-refractivity contribution is -0.117. The first kappa shape index (κ1) is 15.5. The van der Waals surface area contributed by atoms with E-state index in [1.54, 1.807) is 18.2 Å². The van der Waals surface area contributed by atoms with E-state index in [2.05, 4.69) is 39.6 Å². The molecule has 1 amide bonds. The molecule has 1 aromatic carbocycles. The van der Waals surface area contributed by atoms with Crippen molar-refractivity contribution in [2.45, 2.75) is 13.8 Å². The summed E-state index contributed by atoms with van der Waals surface area (Å²) in [6.07, 6.45) is 1.49. The van der Waals surface area contributed by atoms with E-state index in [9.17, 15) is 4.79 Å². The fourth-order valence-corrected chi connectivity index (χ4v) is 3.93. The lowest BCUT2D eigenvalue weighted by atomic mass is 10.1. The van der Waals surface area contributed by atoms with E-state index in [1.165, 1.54) is 11.0 Å². The summed E-state index contributed by atoms with van der Waals surface area (Å²) in [5, 5.41) is 14.4. The number of nitrogens with one attached hydrogen (secondary N) is 1. The number of rotatable bonds is 4. The highest BCUT2D eigenvalue weighted by Gasteiger charge is 2.61. The molecule has 1 aliphatic carbocycles. The van der Waals surface area contributed by atoms with E-state index >= 15 is 0 Å². The van der Waals surface area contributed by atoms with Gasteiger partial charge in [0.1, 0.15) is 6.33 Å². The Morgan fingerprint density at radius 1 is 1.38 bits per heavy atom. The van der Waals surface area contributed by atoms with Gasteiger partial charge in [-0.15, -0.1) is 5.10 Å². The molecular formula is C16H19ClN6O. The summed E-state index contributed by atoms with van der Waals surface area (Å²) in [6.45, 7) is 7.02. The van der Waals surface area contributed by atoms with E-state index in [0.29, 0.717) is 22.7 Å². The van der Waals surface area contributed by atoms with Gasteiger partial charge in [-0.3, -0.25) is 9.69 Å². The van der Waals surface area contributed by atoms with Gasteiger partial charge in [-0.1, -0.05) is 25.4 Å². The first-order valence-electron chi connectivity index (χ1n) is 8.00. The third kappa shape index (κ3) is 2.67. The Kier molecular flexibility index (Phi) is 3.58. The summed E-state index contributed by atoms with van der Waals surface area (Å²) in [4.78, 5) is 14.6. The monoisotopic (exact) mass is 346 g/mol. The predicted molar refractivity (Wildman–Crippen MR) is 90.0 cm³/mol. The normalized spacial score (nSPS) is 24.6. The molecule has 0 radical (unpaired) electrons. The summed E-state index contributed by atoms with van der Waals surface area (Å²) >= 11 is 6.20. The number of halogens is 1. The molecule has 1 aromatic heterocycles. The van der Waals surface area contributed by atoms with Gasteiger partial charge in [0.05, 0.1) is 22.9 Å². The number of benzene rings is 1. The highest BCUT2D eigenvalue weighted by molar-refractivity contribution is 6.33. The molecule has 2 heterocycles. The highest BCUT2D eigenvalue weighted by Crippen LogP contribution is 2.61. The first-order valence-corrected chi connectivity index (χ1v) is 8.38. The number of tetrazole rings is 1. The van der Waals surface area contributed by atoms with Gasteiger partial charge in [0, 0.05) is 13.1 Å². The van der Waals surface area contributed by atoms with Gasteiger partial charge in [0.2, 0.25) is 5.91 Å². The van der Waals surface area contributed by atoms with Crippen molar-refractivity contribution < 1.29 is 4.79 Å². The molecule has 2 fully saturated rings. The second kappa shape index (κ2) is 5.53. The number of anilines is 1. The van der Waals surface area contributed by atoms with E-state index in [4.69, 9.17) is 11.6 Å². The summed E-state index contributed by atoms with van der Waals surface area (Å²) in [5.41, 5.74) is 1.76. The maximum absolute atomic E-state index is 12.3. The van der Waals surface area contributed by atoms with Crippen molar-refractivity contribution in [3.63, 3.8) is 0 Å². The van der Waals surface area contributed by atoms with Crippen LogP contribution < -0.4 is 5.32 Å². The van der Waals surface area contributed by atoms with Crippen LogP contribution in [0.3, 0.4) is 0 Å². The van der Waals surface area contributed by atoms with Crippen molar-refractivity contribution in [1.29, 1.82) is 0 Å². The summed E-state index contributed by atoms with van der Waals surface area (Å²) in [7, 11) is 0. The second-order valence-corrected chi connectivity index (χ2v) is 7.60.